The fourth-order valence-corrected chi connectivity index (χ4v) is 6.31. The van der Waals surface area contributed by atoms with Gasteiger partial charge in [0.05, 0.1) is 15.9 Å². The molecule has 1 aliphatic heterocycles. The molecule has 5 nitrogen and oxygen atoms in total. The van der Waals surface area contributed by atoms with Crippen molar-refractivity contribution in [3.63, 3.8) is 0 Å². The van der Waals surface area contributed by atoms with Gasteiger partial charge in [0, 0.05) is 18.1 Å². The van der Waals surface area contributed by atoms with Crippen LogP contribution in [0, 0.1) is 6.92 Å². The highest BCUT2D eigenvalue weighted by Gasteiger charge is 2.43. The van der Waals surface area contributed by atoms with E-state index >= 15 is 0 Å². The number of nitrogens with zero attached hydrogens (tertiary/aromatic N) is 1. The molecule has 0 aliphatic carbocycles. The molecule has 2 aromatic rings. The van der Waals surface area contributed by atoms with Crippen molar-refractivity contribution in [2.45, 2.75) is 22.8 Å². The smallest absolute Gasteiger partial charge is 0.218 e. The number of benzene rings is 2. The van der Waals surface area contributed by atoms with E-state index in [1.807, 2.05) is 25.1 Å². The molecular formula is C17H18ClNO4S2. The first-order valence-electron chi connectivity index (χ1n) is 7.71. The number of rotatable bonds is 5. The van der Waals surface area contributed by atoms with Crippen molar-refractivity contribution in [3.05, 3.63) is 64.7 Å². The van der Waals surface area contributed by atoms with Crippen molar-refractivity contribution >= 4 is 31.5 Å². The molecule has 0 bridgehead atoms. The van der Waals surface area contributed by atoms with Crippen LogP contribution in [0.1, 0.15) is 11.1 Å². The minimum Gasteiger partial charge on any atom is -0.223 e. The molecule has 0 radical (unpaired) electrons. The second-order valence-electron chi connectivity index (χ2n) is 6.18. The molecule has 0 spiro atoms. The lowest BCUT2D eigenvalue weighted by atomic mass is 10.2. The molecule has 8 heteroatoms. The molecule has 1 aliphatic rings. The van der Waals surface area contributed by atoms with E-state index in [4.69, 9.17) is 11.6 Å². The third-order valence-corrected chi connectivity index (χ3v) is 8.36. The number of halogens is 1. The van der Waals surface area contributed by atoms with Crippen LogP contribution in [0.3, 0.4) is 0 Å². The van der Waals surface area contributed by atoms with E-state index in [9.17, 15) is 16.8 Å². The van der Waals surface area contributed by atoms with Crippen molar-refractivity contribution < 1.29 is 16.8 Å². The van der Waals surface area contributed by atoms with Gasteiger partial charge in [-0.2, -0.15) is 4.31 Å². The molecule has 0 unspecified atom stereocenters. The van der Waals surface area contributed by atoms with Crippen LogP contribution in [0.5, 0.6) is 0 Å². The van der Waals surface area contributed by atoms with Crippen molar-refractivity contribution in [1.82, 2.24) is 4.31 Å². The molecule has 1 heterocycles. The number of hydrogen-bond donors (Lipinski definition) is 0. The van der Waals surface area contributed by atoms with E-state index in [0.717, 1.165) is 5.56 Å². The first-order chi connectivity index (χ1) is 11.7. The SMILES string of the molecule is Cc1cccc(CS(=O)(=O)N2CC(S(=O)(=O)c3ccc(Cl)cc3)C2)c1. The van der Waals surface area contributed by atoms with Crippen molar-refractivity contribution in [2.24, 2.45) is 0 Å². The standard InChI is InChI=1S/C17H18ClNO4S2/c1-13-3-2-4-14(9-13)12-24(20,21)19-10-17(11-19)25(22,23)16-7-5-15(18)6-8-16/h2-9,17H,10-12H2,1H3. The Morgan fingerprint density at radius 2 is 1.68 bits per heavy atom. The molecule has 2 aromatic carbocycles. The Labute approximate surface area is 153 Å². The number of aryl methyl sites for hydroxylation is 1. The third kappa shape index (κ3) is 3.89. The summed E-state index contributed by atoms with van der Waals surface area (Å²) < 4.78 is 51.2. The maximum absolute atomic E-state index is 12.5. The molecule has 3 rings (SSSR count). The van der Waals surface area contributed by atoms with Crippen LogP contribution >= 0.6 is 11.6 Å². The Hall–Kier alpha value is -1.41. The summed E-state index contributed by atoms with van der Waals surface area (Å²) >= 11 is 5.78. The van der Waals surface area contributed by atoms with Crippen molar-refractivity contribution in [3.8, 4) is 0 Å². The zero-order valence-corrected chi connectivity index (χ0v) is 16.0. The molecule has 0 saturated carbocycles. The second kappa shape index (κ2) is 6.72. The predicted octanol–water partition coefficient (Wildman–Crippen LogP) is 2.64. The van der Waals surface area contributed by atoms with E-state index in [0.29, 0.717) is 10.6 Å². The largest absolute Gasteiger partial charge is 0.223 e. The third-order valence-electron chi connectivity index (χ3n) is 4.22. The van der Waals surface area contributed by atoms with E-state index in [2.05, 4.69) is 0 Å². The number of sulfone groups is 1. The summed E-state index contributed by atoms with van der Waals surface area (Å²) in [6, 6.07) is 13.2. The molecule has 0 aromatic heterocycles. The lowest BCUT2D eigenvalue weighted by Crippen LogP contribution is -2.56. The van der Waals surface area contributed by atoms with Gasteiger partial charge in [0.2, 0.25) is 10.0 Å². The van der Waals surface area contributed by atoms with Gasteiger partial charge in [0.15, 0.2) is 9.84 Å². The van der Waals surface area contributed by atoms with Crippen LogP contribution in [-0.2, 0) is 25.6 Å². The zero-order chi connectivity index (χ0) is 18.2. The first kappa shape index (κ1) is 18.4. The Balaban J connectivity index is 1.69. The summed E-state index contributed by atoms with van der Waals surface area (Å²) in [6.45, 7) is 1.87. The minimum atomic E-state index is -3.56. The molecule has 0 amide bonds. The van der Waals surface area contributed by atoms with Crippen LogP contribution in [0.2, 0.25) is 5.02 Å². The maximum atomic E-state index is 12.5. The molecule has 134 valence electrons. The topological polar surface area (TPSA) is 71.5 Å². The van der Waals surface area contributed by atoms with Gasteiger partial charge in [0.1, 0.15) is 0 Å². The first-order valence-corrected chi connectivity index (χ1v) is 11.2. The number of hydrogen-bond acceptors (Lipinski definition) is 4. The summed E-state index contributed by atoms with van der Waals surface area (Å²) in [4.78, 5) is 0.164. The average Bonchev–Trinajstić information content (AvgIpc) is 2.44. The molecule has 0 N–H and O–H groups in total. The molecule has 0 atom stereocenters. The van der Waals surface area contributed by atoms with Gasteiger partial charge >= 0.3 is 0 Å². The van der Waals surface area contributed by atoms with Gasteiger partial charge in [-0.25, -0.2) is 16.8 Å². The summed E-state index contributed by atoms with van der Waals surface area (Å²) in [7, 11) is -7.08. The van der Waals surface area contributed by atoms with Gasteiger partial charge < -0.3 is 0 Å². The van der Waals surface area contributed by atoms with E-state index in [1.54, 1.807) is 6.07 Å². The quantitative estimate of drug-likeness (QED) is 0.774. The fourth-order valence-electron chi connectivity index (χ4n) is 2.74. The maximum Gasteiger partial charge on any atom is 0.218 e. The van der Waals surface area contributed by atoms with Crippen molar-refractivity contribution in [2.75, 3.05) is 13.1 Å². The van der Waals surface area contributed by atoms with Crippen LogP contribution in [0.15, 0.2) is 53.4 Å². The van der Waals surface area contributed by atoms with Crippen LogP contribution in [-0.4, -0.2) is 39.5 Å². The normalized spacial score (nSPS) is 16.6. The summed E-state index contributed by atoms with van der Waals surface area (Å²) in [5, 5.41) is -0.268. The average molecular weight is 400 g/mol. The van der Waals surface area contributed by atoms with Gasteiger partial charge in [-0.05, 0) is 36.8 Å². The molecular weight excluding hydrogens is 382 g/mol. The highest BCUT2D eigenvalue weighted by molar-refractivity contribution is 7.92. The Morgan fingerprint density at radius 1 is 1.04 bits per heavy atom. The minimum absolute atomic E-state index is 0.0148. The van der Waals surface area contributed by atoms with Gasteiger partial charge in [0.25, 0.3) is 0 Å². The van der Waals surface area contributed by atoms with Gasteiger partial charge in [-0.15, -0.1) is 0 Å². The fraction of sp³-hybridized carbons (Fsp3) is 0.294. The Bertz CT molecular complexity index is 980. The predicted molar refractivity (Wildman–Crippen MR) is 97.8 cm³/mol. The Kier molecular flexibility index (Phi) is 4.94. The molecule has 1 saturated heterocycles. The van der Waals surface area contributed by atoms with Gasteiger partial charge in [-0.1, -0.05) is 41.4 Å². The second-order valence-corrected chi connectivity index (χ2v) is 10.8. The molecule has 1 fully saturated rings. The highest BCUT2D eigenvalue weighted by atomic mass is 35.5. The summed E-state index contributed by atoms with van der Waals surface area (Å²) in [6.07, 6.45) is 0. The van der Waals surface area contributed by atoms with Crippen LogP contribution < -0.4 is 0 Å². The van der Waals surface area contributed by atoms with E-state index in [1.165, 1.54) is 28.6 Å². The Morgan fingerprint density at radius 3 is 2.28 bits per heavy atom. The molecule has 25 heavy (non-hydrogen) atoms. The zero-order valence-electron chi connectivity index (χ0n) is 13.6. The summed E-state index contributed by atoms with van der Waals surface area (Å²) in [5.74, 6) is -0.123. The summed E-state index contributed by atoms with van der Waals surface area (Å²) in [5.41, 5.74) is 1.68. The van der Waals surface area contributed by atoms with Crippen LogP contribution in [0.4, 0.5) is 0 Å². The van der Waals surface area contributed by atoms with Gasteiger partial charge in [-0.3, -0.25) is 0 Å². The van der Waals surface area contributed by atoms with Crippen LogP contribution in [0.25, 0.3) is 0 Å². The highest BCUT2D eigenvalue weighted by Crippen LogP contribution is 2.28. The lowest BCUT2D eigenvalue weighted by Gasteiger charge is -2.37. The number of sulfonamides is 1. The lowest BCUT2D eigenvalue weighted by molar-refractivity contribution is 0.309. The van der Waals surface area contributed by atoms with Crippen molar-refractivity contribution in [1.29, 1.82) is 0 Å². The van der Waals surface area contributed by atoms with E-state index in [-0.39, 0.29) is 23.7 Å². The monoisotopic (exact) mass is 399 g/mol. The van der Waals surface area contributed by atoms with E-state index < -0.39 is 25.1 Å².